The Bertz CT molecular complexity index is 4980. The van der Waals surface area contributed by atoms with E-state index < -0.39 is 8.07 Å². The zero-order chi connectivity index (χ0) is 54.6. The van der Waals surface area contributed by atoms with Crippen molar-refractivity contribution in [1.82, 2.24) is 28.7 Å². The number of hydrogen-bond acceptors (Lipinski definition) is 4. The minimum absolute atomic E-state index is 0.171. The van der Waals surface area contributed by atoms with Crippen molar-refractivity contribution in [1.29, 1.82) is 0 Å². The van der Waals surface area contributed by atoms with E-state index in [1.165, 1.54) is 53.8 Å². The van der Waals surface area contributed by atoms with E-state index in [-0.39, 0.29) is 12.0 Å². The van der Waals surface area contributed by atoms with Crippen LogP contribution in [0.2, 0.25) is 0 Å². The summed E-state index contributed by atoms with van der Waals surface area (Å²) in [6, 6.07) is 99.8. The Labute approximate surface area is 480 Å². The first-order chi connectivity index (χ1) is 41.2. The topological polar surface area (TPSA) is 56.7 Å². The van der Waals surface area contributed by atoms with Gasteiger partial charge in [0.25, 0.3) is 0 Å². The predicted molar refractivity (Wildman–Crippen MR) is 345 cm³/mol. The molecule has 2 aliphatic rings. The first-order valence-electron chi connectivity index (χ1n) is 28.5. The highest BCUT2D eigenvalue weighted by Gasteiger charge is 2.42. The van der Waals surface area contributed by atoms with Crippen LogP contribution < -0.4 is 25.6 Å². The van der Waals surface area contributed by atoms with Crippen LogP contribution in [0.5, 0.6) is 0 Å². The first kappa shape index (κ1) is 47.2. The van der Waals surface area contributed by atoms with Gasteiger partial charge in [0.05, 0.1) is 39.1 Å². The van der Waals surface area contributed by atoms with Gasteiger partial charge in [-0.1, -0.05) is 231 Å². The predicted octanol–water partition coefficient (Wildman–Crippen LogP) is 14.9. The van der Waals surface area contributed by atoms with Crippen LogP contribution in [-0.2, 0) is 0 Å². The molecule has 8 heteroatoms. The van der Waals surface area contributed by atoms with Gasteiger partial charge in [0.1, 0.15) is 0 Å². The lowest BCUT2D eigenvalue weighted by atomic mass is 9.91. The van der Waals surface area contributed by atoms with Crippen LogP contribution in [0.1, 0.15) is 11.5 Å². The summed E-state index contributed by atoms with van der Waals surface area (Å²) in [5.41, 5.74) is 12.1. The minimum Gasteiger partial charge on any atom is -0.333 e. The zero-order valence-electron chi connectivity index (χ0n) is 45.1. The minimum atomic E-state index is -2.95. The Kier molecular flexibility index (Phi) is 10.6. The van der Waals surface area contributed by atoms with Crippen molar-refractivity contribution in [3.05, 3.63) is 303 Å². The summed E-state index contributed by atoms with van der Waals surface area (Å²) in [5.74, 6) is 1.92. The molecule has 7 nitrogen and oxygen atoms in total. The van der Waals surface area contributed by atoms with E-state index in [0.717, 1.165) is 60.5 Å². The number of aromatic nitrogens is 6. The van der Waals surface area contributed by atoms with Crippen molar-refractivity contribution in [3.8, 4) is 29.0 Å². The molecule has 0 saturated heterocycles. The molecule has 0 radical (unpaired) electrons. The third kappa shape index (κ3) is 7.13. The number of para-hydroxylation sites is 5. The molecular weight excluding hydrogens is 1030 g/mol. The Balaban J connectivity index is 0.916. The summed E-state index contributed by atoms with van der Waals surface area (Å²) in [6.07, 6.45) is 9.05. The van der Waals surface area contributed by atoms with Gasteiger partial charge in [-0.25, -0.2) is 0 Å². The molecular formula is C75H51N7Si. The van der Waals surface area contributed by atoms with E-state index in [1.54, 1.807) is 0 Å². The van der Waals surface area contributed by atoms with Crippen LogP contribution in [0.3, 0.4) is 0 Å². The van der Waals surface area contributed by atoms with Gasteiger partial charge >= 0.3 is 0 Å². The summed E-state index contributed by atoms with van der Waals surface area (Å²) >= 11 is 0. The second-order valence-electron chi connectivity index (χ2n) is 21.9. The van der Waals surface area contributed by atoms with Gasteiger partial charge in [0.15, 0.2) is 13.9 Å². The molecule has 0 amide bonds. The molecule has 2 unspecified atom stereocenters. The number of allylic oxidation sites excluding steroid dienone is 2. The number of rotatable bonds is 9. The van der Waals surface area contributed by atoms with Crippen LogP contribution in [-0.4, -0.2) is 42.8 Å². The number of fused-ring (bicyclic) bond motifs is 12. The van der Waals surface area contributed by atoms with Crippen molar-refractivity contribution in [2.45, 2.75) is 12.0 Å². The highest BCUT2D eigenvalue weighted by molar-refractivity contribution is 7.19. The Hall–Kier alpha value is -10.7. The normalized spacial score (nSPS) is 14.9. The molecule has 17 rings (SSSR count). The van der Waals surface area contributed by atoms with E-state index in [2.05, 4.69) is 316 Å². The summed E-state index contributed by atoms with van der Waals surface area (Å²) < 4.78 is 6.89. The Morgan fingerprint density at radius 1 is 0.313 bits per heavy atom. The highest BCUT2D eigenvalue weighted by Crippen LogP contribution is 2.49. The lowest BCUT2D eigenvalue weighted by molar-refractivity contribution is 0.745. The smallest absolute Gasteiger partial charge is 0.240 e. The van der Waals surface area contributed by atoms with Crippen LogP contribution in [0.25, 0.3) is 94.4 Å². The molecule has 1 aliphatic heterocycles. The maximum absolute atomic E-state index is 5.68. The van der Waals surface area contributed by atoms with Gasteiger partial charge in [-0.15, -0.1) is 0 Å². The molecule has 15 aromatic rings. The zero-order valence-corrected chi connectivity index (χ0v) is 46.1. The van der Waals surface area contributed by atoms with Gasteiger partial charge in [-0.2, -0.15) is 15.0 Å². The number of anilines is 2. The second-order valence-corrected chi connectivity index (χ2v) is 25.7. The number of hydrogen-bond donors (Lipinski definition) is 0. The third-order valence-electron chi connectivity index (χ3n) is 17.6. The lowest BCUT2D eigenvalue weighted by Gasteiger charge is -2.34. The number of benzene rings is 11. The third-order valence-corrected chi connectivity index (χ3v) is 22.3. The highest BCUT2D eigenvalue weighted by atomic mass is 28.3. The molecule has 0 bridgehead atoms. The molecule has 83 heavy (non-hydrogen) atoms. The van der Waals surface area contributed by atoms with E-state index in [4.69, 9.17) is 15.0 Å². The van der Waals surface area contributed by atoms with E-state index in [1.807, 2.05) is 0 Å². The fraction of sp³-hybridized carbons (Fsp3) is 0.0267. The summed E-state index contributed by atoms with van der Waals surface area (Å²) in [5, 5.41) is 12.0. The average Bonchev–Trinajstić information content (AvgIpc) is 4.41. The summed E-state index contributed by atoms with van der Waals surface area (Å²) in [6.45, 7) is 0. The lowest BCUT2D eigenvalue weighted by Crippen LogP contribution is -2.74. The average molecular weight is 1080 g/mol. The molecule has 2 atom stereocenters. The van der Waals surface area contributed by atoms with Crippen molar-refractivity contribution in [2.75, 3.05) is 4.90 Å². The van der Waals surface area contributed by atoms with Crippen molar-refractivity contribution >= 4 is 106 Å². The van der Waals surface area contributed by atoms with Crippen molar-refractivity contribution in [3.63, 3.8) is 0 Å². The van der Waals surface area contributed by atoms with Gasteiger partial charge in [-0.05, 0) is 93.0 Å². The maximum Gasteiger partial charge on any atom is 0.240 e. The molecule has 11 aromatic carbocycles. The molecule has 4 aromatic heterocycles. The molecule has 0 spiro atoms. The van der Waals surface area contributed by atoms with Crippen LogP contribution in [0, 0.1) is 0 Å². The standard InChI is InChI=1S/C75H51N7Si/c1-4-24-53(25-5-1)83(54-26-6-2-7-27-54,55-28-8-3-9-29-55)56-30-22-23-50(47-56)73-76-74(81-69-41-20-14-35-61(69)63-48-51(43-45-71(63)81)79-65-37-16-10-31-57(65)58-32-11-17-38-66(58)79)78-75(77-73)82-70-42-21-15-36-62(70)64-49-52(44-46-72(64)82)80-67-39-18-12-33-59(67)60-34-13-19-40-68(60)80/h1-49,57,65H. The van der Waals surface area contributed by atoms with Crippen LogP contribution >= 0.6 is 0 Å². The van der Waals surface area contributed by atoms with E-state index in [0.29, 0.717) is 17.7 Å². The Morgan fingerprint density at radius 2 is 0.747 bits per heavy atom. The SMILES string of the molecule is C1=CC2c3ccccc3N(c3ccc4c(c3)c3ccccc3n4-c3nc(-c4cccc([Si](c5ccccc5)(c5ccccc5)c5ccccc5)c4)nc(-n4c5ccccc5c5cc(-n6c7ccccc7c7ccccc76)ccc54)n3)C2C=C1. The fourth-order valence-corrected chi connectivity index (χ4v) is 18.9. The maximum atomic E-state index is 5.68. The Morgan fingerprint density at radius 3 is 1.31 bits per heavy atom. The van der Waals surface area contributed by atoms with Gasteiger partial charge in [0.2, 0.25) is 11.9 Å². The summed E-state index contributed by atoms with van der Waals surface area (Å²) in [7, 11) is -2.95. The second kappa shape index (κ2) is 18.7. The number of nitrogens with zero attached hydrogens (tertiary/aromatic N) is 7. The molecule has 0 saturated carbocycles. The van der Waals surface area contributed by atoms with E-state index >= 15 is 0 Å². The van der Waals surface area contributed by atoms with Crippen molar-refractivity contribution in [2.24, 2.45) is 0 Å². The largest absolute Gasteiger partial charge is 0.333 e. The van der Waals surface area contributed by atoms with E-state index in [9.17, 15) is 0 Å². The van der Waals surface area contributed by atoms with Gasteiger partial charge in [-0.3, -0.25) is 9.13 Å². The monoisotopic (exact) mass is 1080 g/mol. The fourth-order valence-electron chi connectivity index (χ4n) is 14.1. The van der Waals surface area contributed by atoms with Gasteiger partial charge < -0.3 is 9.47 Å². The quantitative estimate of drug-likeness (QED) is 0.107. The first-order valence-corrected chi connectivity index (χ1v) is 30.5. The van der Waals surface area contributed by atoms with Crippen molar-refractivity contribution < 1.29 is 0 Å². The van der Waals surface area contributed by atoms with Gasteiger partial charge in [0, 0.05) is 60.9 Å². The molecule has 1 aliphatic carbocycles. The molecule has 0 fully saturated rings. The molecule has 5 heterocycles. The van der Waals surface area contributed by atoms with Crippen LogP contribution in [0.15, 0.2) is 297 Å². The molecule has 390 valence electrons. The molecule has 0 N–H and O–H groups in total. The van der Waals surface area contributed by atoms with Crippen LogP contribution in [0.4, 0.5) is 11.4 Å². The summed E-state index contributed by atoms with van der Waals surface area (Å²) in [4.78, 5) is 19.5.